The van der Waals surface area contributed by atoms with Crippen LogP contribution in [0.1, 0.15) is 122 Å². The number of urea groups is 1. The number of hydrogen-bond acceptors (Lipinski definition) is 7. The highest BCUT2D eigenvalue weighted by Gasteiger charge is 2.53. The Balaban J connectivity index is 2.54. The van der Waals surface area contributed by atoms with Crippen molar-refractivity contribution in [3.05, 3.63) is 0 Å². The molecule has 0 aromatic rings. The van der Waals surface area contributed by atoms with Crippen molar-refractivity contribution in [2.45, 2.75) is 151 Å². The molecule has 2 rings (SSSR count). The summed E-state index contributed by atoms with van der Waals surface area (Å²) in [5.74, 6) is -2.81. The lowest BCUT2D eigenvalue weighted by molar-refractivity contribution is -0.143. The molecule has 0 spiro atoms. The number of nitrogens with one attached hydrogen (secondary N) is 3. The van der Waals surface area contributed by atoms with Gasteiger partial charge in [0, 0.05) is 25.2 Å². The van der Waals surface area contributed by atoms with Crippen molar-refractivity contribution in [2.24, 2.45) is 28.4 Å². The summed E-state index contributed by atoms with van der Waals surface area (Å²) >= 11 is 0. The van der Waals surface area contributed by atoms with Gasteiger partial charge in [-0.05, 0) is 90.4 Å². The Hall–Kier alpha value is -3.38. The third-order valence-corrected chi connectivity index (χ3v) is 9.73. The van der Waals surface area contributed by atoms with E-state index in [4.69, 9.17) is 10.5 Å². The van der Waals surface area contributed by atoms with Gasteiger partial charge in [-0.25, -0.2) is 9.59 Å². The quantitative estimate of drug-likeness (QED) is 0.210. The minimum absolute atomic E-state index is 0.0267. The molecule has 1 unspecified atom stereocenters. The van der Waals surface area contributed by atoms with Crippen LogP contribution in [0.25, 0.3) is 0 Å². The Labute approximate surface area is 293 Å². The summed E-state index contributed by atoms with van der Waals surface area (Å²) in [4.78, 5) is 83.0. The molecule has 1 heterocycles. The normalized spacial score (nSPS) is 21.3. The average molecular weight is 693 g/mol. The van der Waals surface area contributed by atoms with Gasteiger partial charge < -0.3 is 36.2 Å². The molecule has 0 aromatic heterocycles. The van der Waals surface area contributed by atoms with Crippen LogP contribution < -0.4 is 21.7 Å². The second kappa shape index (κ2) is 16.1. The van der Waals surface area contributed by atoms with Gasteiger partial charge in [0.2, 0.25) is 17.6 Å². The minimum atomic E-state index is -1.12. The maximum atomic E-state index is 14.6. The SMILES string of the molecule is CCN(CC[C@]1(C(C)C)C[C@@H](C(=O)NC(CC2CCC2)C(=O)C(N)=O)N(C(=O)[C@@H](NC(=O)NC(C)(C)C)C(C)(C)C)C1)C(=O)OC(C)(C)C. The van der Waals surface area contributed by atoms with Crippen molar-refractivity contribution in [1.82, 2.24) is 25.8 Å². The molecular weight excluding hydrogens is 628 g/mol. The maximum Gasteiger partial charge on any atom is 0.410 e. The number of ether oxygens (including phenoxy) is 1. The lowest BCUT2D eigenvalue weighted by Gasteiger charge is -2.38. The molecule has 49 heavy (non-hydrogen) atoms. The summed E-state index contributed by atoms with van der Waals surface area (Å²) < 4.78 is 5.63. The van der Waals surface area contributed by atoms with Crippen molar-refractivity contribution in [2.75, 3.05) is 19.6 Å². The van der Waals surface area contributed by atoms with Crippen LogP contribution >= 0.6 is 0 Å². The zero-order valence-electron chi connectivity index (χ0n) is 32.1. The van der Waals surface area contributed by atoms with Crippen molar-refractivity contribution >= 4 is 35.6 Å². The predicted octanol–water partition coefficient (Wildman–Crippen LogP) is 4.12. The summed E-state index contributed by atoms with van der Waals surface area (Å²) in [6.07, 6.45) is 3.37. The second-order valence-corrected chi connectivity index (χ2v) is 17.5. The van der Waals surface area contributed by atoms with Crippen LogP contribution in [0, 0.1) is 22.7 Å². The standard InChI is InChI=1S/C36H64N6O7/c1-13-41(32(48)49-35(10,11)12)18-17-36(22(2)3)20-25(29(45)38-24(26(43)28(37)44)19-23-15-14-16-23)42(21-36)30(46)27(33(4,5)6)39-31(47)40-34(7,8)9/h22-25,27H,13-21H2,1-12H3,(H2,37,44)(H,38,45)(H2,39,40,47)/t24?,25-,27+,36-/m0/s1. The zero-order valence-corrected chi connectivity index (χ0v) is 32.1. The average Bonchev–Trinajstić information content (AvgIpc) is 3.31. The number of carbonyl (C=O) groups is 6. The first-order chi connectivity index (χ1) is 22.3. The van der Waals surface area contributed by atoms with E-state index in [1.54, 1.807) is 25.7 Å². The van der Waals surface area contributed by atoms with E-state index in [9.17, 15) is 28.8 Å². The van der Waals surface area contributed by atoms with Crippen LogP contribution in [0.3, 0.4) is 0 Å². The molecule has 0 aromatic carbocycles. The molecule has 1 aliphatic carbocycles. The van der Waals surface area contributed by atoms with Crippen LogP contribution in [0.15, 0.2) is 0 Å². The lowest BCUT2D eigenvalue weighted by Crippen LogP contribution is -2.61. The van der Waals surface area contributed by atoms with E-state index in [-0.39, 0.29) is 24.8 Å². The Morgan fingerprint density at radius 3 is 1.98 bits per heavy atom. The van der Waals surface area contributed by atoms with E-state index >= 15 is 0 Å². The second-order valence-electron chi connectivity index (χ2n) is 17.5. The fourth-order valence-electron chi connectivity index (χ4n) is 6.48. The van der Waals surface area contributed by atoms with Gasteiger partial charge in [-0.2, -0.15) is 0 Å². The molecule has 0 bridgehead atoms. The smallest absolute Gasteiger partial charge is 0.410 e. The first-order valence-corrected chi connectivity index (χ1v) is 17.8. The van der Waals surface area contributed by atoms with E-state index in [0.29, 0.717) is 25.9 Å². The topological polar surface area (TPSA) is 180 Å². The molecule has 280 valence electrons. The Morgan fingerprint density at radius 1 is 0.959 bits per heavy atom. The molecule has 0 radical (unpaired) electrons. The molecule has 1 saturated heterocycles. The molecule has 1 saturated carbocycles. The van der Waals surface area contributed by atoms with Crippen molar-refractivity contribution in [3.8, 4) is 0 Å². The highest BCUT2D eigenvalue weighted by Crippen LogP contribution is 2.45. The van der Waals surface area contributed by atoms with Gasteiger partial charge in [0.1, 0.15) is 17.7 Å². The zero-order chi connectivity index (χ0) is 37.7. The molecule has 13 heteroatoms. The van der Waals surface area contributed by atoms with Crippen LogP contribution in [-0.4, -0.2) is 94.3 Å². The van der Waals surface area contributed by atoms with Gasteiger partial charge in [-0.15, -0.1) is 0 Å². The van der Waals surface area contributed by atoms with Gasteiger partial charge in [0.25, 0.3) is 5.91 Å². The summed E-state index contributed by atoms with van der Waals surface area (Å²) in [7, 11) is 0. The number of amides is 6. The van der Waals surface area contributed by atoms with Crippen LogP contribution in [0.4, 0.5) is 9.59 Å². The number of ketones is 1. The molecule has 5 N–H and O–H groups in total. The molecule has 2 fully saturated rings. The van der Waals surface area contributed by atoms with Gasteiger partial charge in [0.15, 0.2) is 0 Å². The number of rotatable bonds is 13. The van der Waals surface area contributed by atoms with Gasteiger partial charge in [0.05, 0.1) is 6.04 Å². The summed E-state index contributed by atoms with van der Waals surface area (Å²) in [6, 6.07) is -3.62. The van der Waals surface area contributed by atoms with Gasteiger partial charge >= 0.3 is 12.1 Å². The van der Waals surface area contributed by atoms with Gasteiger partial charge in [-0.1, -0.05) is 53.9 Å². The molecular formula is C36H64N6O7. The van der Waals surface area contributed by atoms with Crippen molar-refractivity contribution in [3.63, 3.8) is 0 Å². The fourth-order valence-corrected chi connectivity index (χ4v) is 6.48. The van der Waals surface area contributed by atoms with E-state index in [1.807, 2.05) is 62.3 Å². The first kappa shape index (κ1) is 41.8. The molecule has 2 aliphatic rings. The Kier molecular flexibility index (Phi) is 13.7. The molecule has 13 nitrogen and oxygen atoms in total. The van der Waals surface area contributed by atoms with Crippen LogP contribution in [0.2, 0.25) is 0 Å². The third-order valence-electron chi connectivity index (χ3n) is 9.73. The van der Waals surface area contributed by atoms with Crippen LogP contribution in [-0.2, 0) is 23.9 Å². The van der Waals surface area contributed by atoms with Gasteiger partial charge in [-0.3, -0.25) is 19.2 Å². The Morgan fingerprint density at radius 2 is 1.55 bits per heavy atom. The largest absolute Gasteiger partial charge is 0.444 e. The number of hydrogen-bond donors (Lipinski definition) is 4. The minimum Gasteiger partial charge on any atom is -0.444 e. The van der Waals surface area contributed by atoms with E-state index in [1.165, 1.54) is 4.90 Å². The maximum absolute atomic E-state index is 14.6. The third kappa shape index (κ3) is 11.9. The molecule has 4 atom stereocenters. The number of nitrogens with two attached hydrogens (primary N) is 1. The molecule has 6 amide bonds. The summed E-state index contributed by atoms with van der Waals surface area (Å²) in [5, 5.41) is 8.51. The number of carbonyl (C=O) groups excluding carboxylic acids is 6. The highest BCUT2D eigenvalue weighted by molar-refractivity contribution is 6.37. The summed E-state index contributed by atoms with van der Waals surface area (Å²) in [6.45, 7) is 23.3. The van der Waals surface area contributed by atoms with Crippen molar-refractivity contribution in [1.29, 1.82) is 0 Å². The molecule has 1 aliphatic heterocycles. The predicted molar refractivity (Wildman–Crippen MR) is 188 cm³/mol. The Bertz CT molecular complexity index is 1230. The number of primary amides is 1. The van der Waals surface area contributed by atoms with E-state index in [0.717, 1.165) is 19.3 Å². The van der Waals surface area contributed by atoms with E-state index in [2.05, 4.69) is 16.0 Å². The number of Topliss-reactive ketones (excluding diaryl/α,β-unsaturated/α-hetero) is 1. The summed E-state index contributed by atoms with van der Waals surface area (Å²) in [5.41, 5.74) is 2.81. The van der Waals surface area contributed by atoms with Crippen molar-refractivity contribution < 1.29 is 33.5 Å². The highest BCUT2D eigenvalue weighted by atomic mass is 16.6. The first-order valence-electron chi connectivity index (χ1n) is 17.8. The van der Waals surface area contributed by atoms with Crippen LogP contribution in [0.5, 0.6) is 0 Å². The number of nitrogens with zero attached hydrogens (tertiary/aromatic N) is 2. The monoisotopic (exact) mass is 692 g/mol. The lowest BCUT2D eigenvalue weighted by atomic mass is 9.72. The fraction of sp³-hybridized carbons (Fsp3) is 0.833. The van der Waals surface area contributed by atoms with E-state index < -0.39 is 75.7 Å². The number of likely N-dealkylation sites (tertiary alicyclic amines) is 1.